The SMILES string of the molecule is COc1cc(C)c([C@H](C)NC(=O)COc2ccc(Cl)cc2)cc1C(C)C. The van der Waals surface area contributed by atoms with Crippen LogP contribution in [0, 0.1) is 6.92 Å². The Kier molecular flexibility index (Phi) is 6.92. The topological polar surface area (TPSA) is 47.6 Å². The minimum atomic E-state index is -0.172. The first-order valence-electron chi connectivity index (χ1n) is 8.68. The van der Waals surface area contributed by atoms with Crippen molar-refractivity contribution < 1.29 is 14.3 Å². The van der Waals surface area contributed by atoms with Crippen LogP contribution in [0.15, 0.2) is 36.4 Å². The maximum atomic E-state index is 12.2. The number of methoxy groups -OCH3 is 1. The van der Waals surface area contributed by atoms with Gasteiger partial charge in [-0.25, -0.2) is 0 Å². The van der Waals surface area contributed by atoms with Crippen LogP contribution in [0.25, 0.3) is 0 Å². The van der Waals surface area contributed by atoms with E-state index in [4.69, 9.17) is 21.1 Å². The summed E-state index contributed by atoms with van der Waals surface area (Å²) in [6, 6.07) is 10.9. The van der Waals surface area contributed by atoms with Crippen molar-refractivity contribution in [3.63, 3.8) is 0 Å². The van der Waals surface area contributed by atoms with Crippen molar-refractivity contribution in [3.8, 4) is 11.5 Å². The van der Waals surface area contributed by atoms with Gasteiger partial charge >= 0.3 is 0 Å². The summed E-state index contributed by atoms with van der Waals surface area (Å²) in [7, 11) is 1.68. The van der Waals surface area contributed by atoms with E-state index in [9.17, 15) is 4.79 Å². The fourth-order valence-electron chi connectivity index (χ4n) is 2.85. The molecule has 0 bridgehead atoms. The van der Waals surface area contributed by atoms with Gasteiger partial charge in [0.05, 0.1) is 13.2 Å². The third-order valence-corrected chi connectivity index (χ3v) is 4.52. The van der Waals surface area contributed by atoms with Gasteiger partial charge in [-0.05, 0) is 72.9 Å². The van der Waals surface area contributed by atoms with Gasteiger partial charge in [-0.15, -0.1) is 0 Å². The summed E-state index contributed by atoms with van der Waals surface area (Å²) in [5, 5.41) is 3.62. The Morgan fingerprint density at radius 3 is 2.35 bits per heavy atom. The van der Waals surface area contributed by atoms with E-state index in [0.717, 1.165) is 22.4 Å². The molecule has 2 aromatic rings. The van der Waals surface area contributed by atoms with Crippen molar-refractivity contribution in [1.82, 2.24) is 5.32 Å². The van der Waals surface area contributed by atoms with Crippen LogP contribution in [-0.2, 0) is 4.79 Å². The van der Waals surface area contributed by atoms with Gasteiger partial charge in [-0.3, -0.25) is 4.79 Å². The van der Waals surface area contributed by atoms with Gasteiger partial charge in [-0.1, -0.05) is 25.4 Å². The Labute approximate surface area is 160 Å². The van der Waals surface area contributed by atoms with Crippen molar-refractivity contribution in [1.29, 1.82) is 0 Å². The third kappa shape index (κ3) is 5.15. The average molecular weight is 376 g/mol. The molecule has 0 aromatic heterocycles. The Morgan fingerprint density at radius 1 is 1.12 bits per heavy atom. The van der Waals surface area contributed by atoms with Crippen LogP contribution in [0.2, 0.25) is 5.02 Å². The van der Waals surface area contributed by atoms with E-state index in [1.165, 1.54) is 0 Å². The Bertz CT molecular complexity index is 757. The first-order valence-corrected chi connectivity index (χ1v) is 9.05. The summed E-state index contributed by atoms with van der Waals surface area (Å²) in [5.41, 5.74) is 3.29. The summed E-state index contributed by atoms with van der Waals surface area (Å²) in [5.74, 6) is 1.65. The molecule has 2 aromatic carbocycles. The lowest BCUT2D eigenvalue weighted by Crippen LogP contribution is -2.31. The van der Waals surface area contributed by atoms with E-state index in [-0.39, 0.29) is 18.6 Å². The van der Waals surface area contributed by atoms with Crippen LogP contribution in [0.5, 0.6) is 11.5 Å². The van der Waals surface area contributed by atoms with Gasteiger partial charge in [-0.2, -0.15) is 0 Å². The zero-order valence-corrected chi connectivity index (χ0v) is 16.7. The first kappa shape index (κ1) is 20.1. The fourth-order valence-corrected chi connectivity index (χ4v) is 2.98. The van der Waals surface area contributed by atoms with Gasteiger partial charge in [0.15, 0.2) is 6.61 Å². The maximum absolute atomic E-state index is 12.2. The Hall–Kier alpha value is -2.20. The van der Waals surface area contributed by atoms with E-state index >= 15 is 0 Å². The van der Waals surface area contributed by atoms with Gasteiger partial charge < -0.3 is 14.8 Å². The highest BCUT2D eigenvalue weighted by Crippen LogP contribution is 2.32. The summed E-state index contributed by atoms with van der Waals surface area (Å²) in [6.45, 7) is 8.20. The van der Waals surface area contributed by atoms with E-state index in [1.807, 2.05) is 19.9 Å². The molecule has 1 amide bonds. The van der Waals surface area contributed by atoms with E-state index in [1.54, 1.807) is 31.4 Å². The van der Waals surface area contributed by atoms with E-state index < -0.39 is 0 Å². The highest BCUT2D eigenvalue weighted by molar-refractivity contribution is 6.30. The highest BCUT2D eigenvalue weighted by Gasteiger charge is 2.17. The molecule has 0 radical (unpaired) electrons. The molecular weight excluding hydrogens is 350 g/mol. The third-order valence-electron chi connectivity index (χ3n) is 4.27. The number of carbonyl (C=O) groups is 1. The maximum Gasteiger partial charge on any atom is 0.258 e. The Balaban J connectivity index is 2.04. The number of ether oxygens (including phenoxy) is 2. The second-order valence-corrected chi connectivity index (χ2v) is 7.07. The summed E-state index contributed by atoms with van der Waals surface area (Å²) in [6.07, 6.45) is 0. The van der Waals surface area contributed by atoms with E-state index in [2.05, 4.69) is 25.2 Å². The number of carbonyl (C=O) groups excluding carboxylic acids is 1. The number of amides is 1. The number of rotatable bonds is 7. The zero-order valence-electron chi connectivity index (χ0n) is 15.9. The lowest BCUT2D eigenvalue weighted by atomic mass is 9.93. The number of hydrogen-bond donors (Lipinski definition) is 1. The predicted molar refractivity (Wildman–Crippen MR) is 105 cm³/mol. The van der Waals surface area contributed by atoms with Crippen molar-refractivity contribution in [2.24, 2.45) is 0 Å². The van der Waals surface area contributed by atoms with Crippen LogP contribution in [0.3, 0.4) is 0 Å². The molecule has 0 unspecified atom stereocenters. The smallest absolute Gasteiger partial charge is 0.258 e. The molecule has 2 rings (SSSR count). The molecule has 0 aliphatic rings. The molecule has 0 aliphatic heterocycles. The monoisotopic (exact) mass is 375 g/mol. The van der Waals surface area contributed by atoms with Crippen LogP contribution < -0.4 is 14.8 Å². The van der Waals surface area contributed by atoms with Gasteiger partial charge in [0.2, 0.25) is 0 Å². The van der Waals surface area contributed by atoms with Gasteiger partial charge in [0, 0.05) is 5.02 Å². The molecule has 0 spiro atoms. The van der Waals surface area contributed by atoms with Gasteiger partial charge in [0.25, 0.3) is 5.91 Å². The van der Waals surface area contributed by atoms with Crippen LogP contribution in [0.1, 0.15) is 49.4 Å². The van der Waals surface area contributed by atoms with Crippen molar-refractivity contribution in [3.05, 3.63) is 58.1 Å². The first-order chi connectivity index (χ1) is 12.3. The molecule has 5 heteroatoms. The van der Waals surface area contributed by atoms with Crippen molar-refractivity contribution >= 4 is 17.5 Å². The summed E-state index contributed by atoms with van der Waals surface area (Å²) >= 11 is 5.84. The fraction of sp³-hybridized carbons (Fsp3) is 0.381. The summed E-state index contributed by atoms with van der Waals surface area (Å²) in [4.78, 5) is 12.2. The zero-order chi connectivity index (χ0) is 19.3. The standard InChI is InChI=1S/C21H26ClNO3/c1-13(2)18-11-19(14(3)10-20(18)25-5)15(4)23-21(24)12-26-17-8-6-16(22)7-9-17/h6-11,13,15H,12H2,1-5H3,(H,23,24)/t15-/m0/s1. The molecule has 0 saturated carbocycles. The lowest BCUT2D eigenvalue weighted by molar-refractivity contribution is -0.123. The number of nitrogens with one attached hydrogen (secondary N) is 1. The number of hydrogen-bond acceptors (Lipinski definition) is 3. The molecular formula is C21H26ClNO3. The van der Waals surface area contributed by atoms with Crippen molar-refractivity contribution in [2.75, 3.05) is 13.7 Å². The molecule has 0 fully saturated rings. The molecule has 0 aliphatic carbocycles. The van der Waals surface area contributed by atoms with Gasteiger partial charge in [0.1, 0.15) is 11.5 Å². The van der Waals surface area contributed by atoms with Crippen LogP contribution in [0.4, 0.5) is 0 Å². The molecule has 1 N–H and O–H groups in total. The highest BCUT2D eigenvalue weighted by atomic mass is 35.5. The number of halogens is 1. The minimum absolute atomic E-state index is 0.0434. The number of aryl methyl sites for hydroxylation is 1. The second kappa shape index (κ2) is 8.95. The van der Waals surface area contributed by atoms with Crippen LogP contribution >= 0.6 is 11.6 Å². The predicted octanol–water partition coefficient (Wildman–Crippen LogP) is 5.04. The largest absolute Gasteiger partial charge is 0.496 e. The minimum Gasteiger partial charge on any atom is -0.496 e. The van der Waals surface area contributed by atoms with E-state index in [0.29, 0.717) is 16.7 Å². The molecule has 0 heterocycles. The molecule has 4 nitrogen and oxygen atoms in total. The quantitative estimate of drug-likeness (QED) is 0.737. The summed E-state index contributed by atoms with van der Waals surface area (Å²) < 4.78 is 11.0. The Morgan fingerprint density at radius 2 is 1.77 bits per heavy atom. The average Bonchev–Trinajstić information content (AvgIpc) is 2.60. The lowest BCUT2D eigenvalue weighted by Gasteiger charge is -2.21. The molecule has 0 saturated heterocycles. The normalized spacial score (nSPS) is 12.0. The second-order valence-electron chi connectivity index (χ2n) is 6.64. The molecule has 140 valence electrons. The molecule has 26 heavy (non-hydrogen) atoms. The number of benzene rings is 2. The van der Waals surface area contributed by atoms with Crippen molar-refractivity contribution in [2.45, 2.75) is 39.7 Å². The van der Waals surface area contributed by atoms with Crippen LogP contribution in [-0.4, -0.2) is 19.6 Å². The molecule has 1 atom stereocenters.